The third kappa shape index (κ3) is 6.01. The fourth-order valence-corrected chi connectivity index (χ4v) is 3.55. The van der Waals surface area contributed by atoms with Crippen LogP contribution in [0.2, 0.25) is 0 Å². The van der Waals surface area contributed by atoms with Gasteiger partial charge in [0.1, 0.15) is 21.4 Å². The molecule has 1 aromatic heterocycles. The summed E-state index contributed by atoms with van der Waals surface area (Å²) < 4.78 is 10.7. The van der Waals surface area contributed by atoms with E-state index in [1.54, 1.807) is 38.1 Å². The van der Waals surface area contributed by atoms with Crippen LogP contribution in [0.25, 0.3) is 0 Å². The number of nitrogens with one attached hydrogen (secondary N) is 2. The Kier molecular flexibility index (Phi) is 7.34. The third-order valence-corrected chi connectivity index (χ3v) is 5.21. The zero-order valence-corrected chi connectivity index (χ0v) is 18.1. The van der Waals surface area contributed by atoms with Crippen LogP contribution in [-0.2, 0) is 11.3 Å². The molecule has 2 N–H and O–H groups in total. The minimum Gasteiger partial charge on any atom is -0.462 e. The number of hydrogen-bond acceptors (Lipinski definition) is 8. The Morgan fingerprint density at radius 1 is 1.16 bits per heavy atom. The molecule has 3 aromatic rings. The first-order valence-corrected chi connectivity index (χ1v) is 10.4. The number of benzene rings is 2. The second kappa shape index (κ2) is 10.4. The number of thiazole rings is 1. The molecule has 0 saturated carbocycles. The SMILES string of the molecule is CCOC(=O)c1sc(CNC(=O)Nc2cccc(Oc3ccc([N+](=O)[O-])cc3)c2)nc1C. The first-order valence-electron chi connectivity index (χ1n) is 9.56. The molecule has 3 rings (SSSR count). The zero-order chi connectivity index (χ0) is 23.1. The molecule has 2 amide bonds. The molecule has 0 spiro atoms. The zero-order valence-electron chi connectivity index (χ0n) is 17.3. The number of nitrogens with zero attached hydrogens (tertiary/aromatic N) is 2. The van der Waals surface area contributed by atoms with Crippen molar-refractivity contribution in [2.75, 3.05) is 11.9 Å². The van der Waals surface area contributed by atoms with E-state index in [2.05, 4.69) is 15.6 Å². The molecule has 1 heterocycles. The lowest BCUT2D eigenvalue weighted by Gasteiger charge is -2.09. The van der Waals surface area contributed by atoms with Gasteiger partial charge in [0.2, 0.25) is 0 Å². The first kappa shape index (κ1) is 22.7. The number of aromatic nitrogens is 1. The highest BCUT2D eigenvalue weighted by Gasteiger charge is 2.16. The fraction of sp³-hybridized carbons (Fsp3) is 0.190. The van der Waals surface area contributed by atoms with Gasteiger partial charge in [-0.15, -0.1) is 11.3 Å². The maximum atomic E-state index is 12.2. The number of aryl methyl sites for hydroxylation is 1. The van der Waals surface area contributed by atoms with Crippen LogP contribution in [0.15, 0.2) is 48.5 Å². The Balaban J connectivity index is 1.56. The van der Waals surface area contributed by atoms with Gasteiger partial charge in [0.05, 0.1) is 23.8 Å². The summed E-state index contributed by atoms with van der Waals surface area (Å²) in [7, 11) is 0. The van der Waals surface area contributed by atoms with Crippen molar-refractivity contribution in [2.24, 2.45) is 0 Å². The molecule has 32 heavy (non-hydrogen) atoms. The average Bonchev–Trinajstić information content (AvgIpc) is 3.14. The molecule has 0 aliphatic rings. The van der Waals surface area contributed by atoms with Gasteiger partial charge in [-0.2, -0.15) is 0 Å². The van der Waals surface area contributed by atoms with E-state index in [4.69, 9.17) is 9.47 Å². The highest BCUT2D eigenvalue weighted by atomic mass is 32.1. The largest absolute Gasteiger partial charge is 0.462 e. The summed E-state index contributed by atoms with van der Waals surface area (Å²) in [6.45, 7) is 3.87. The van der Waals surface area contributed by atoms with Crippen LogP contribution in [-0.4, -0.2) is 28.5 Å². The van der Waals surface area contributed by atoms with E-state index in [-0.39, 0.29) is 18.8 Å². The van der Waals surface area contributed by atoms with Crippen LogP contribution < -0.4 is 15.4 Å². The lowest BCUT2D eigenvalue weighted by Crippen LogP contribution is -2.28. The molecule has 2 aromatic carbocycles. The molecular weight excluding hydrogens is 436 g/mol. The van der Waals surface area contributed by atoms with Crippen molar-refractivity contribution in [3.63, 3.8) is 0 Å². The van der Waals surface area contributed by atoms with Crippen molar-refractivity contribution in [2.45, 2.75) is 20.4 Å². The quantitative estimate of drug-likeness (QED) is 0.286. The van der Waals surface area contributed by atoms with Crippen LogP contribution in [0.1, 0.15) is 27.3 Å². The normalized spacial score (nSPS) is 10.3. The molecule has 0 aliphatic heterocycles. The van der Waals surface area contributed by atoms with E-state index in [1.807, 2.05) is 0 Å². The summed E-state index contributed by atoms with van der Waals surface area (Å²) in [4.78, 5) is 39.1. The van der Waals surface area contributed by atoms with E-state index in [0.717, 1.165) is 0 Å². The Hall–Kier alpha value is -3.99. The Bertz CT molecular complexity index is 1130. The second-order valence-electron chi connectivity index (χ2n) is 6.43. The number of esters is 1. The Morgan fingerprint density at radius 3 is 2.59 bits per heavy atom. The summed E-state index contributed by atoms with van der Waals surface area (Å²) in [6.07, 6.45) is 0. The number of hydrogen-bond donors (Lipinski definition) is 2. The number of ether oxygens (including phenoxy) is 2. The molecular formula is C21H20N4O6S. The molecule has 0 saturated heterocycles. The van der Waals surface area contributed by atoms with Crippen LogP contribution >= 0.6 is 11.3 Å². The molecule has 0 aliphatic carbocycles. The molecule has 10 nitrogen and oxygen atoms in total. The van der Waals surface area contributed by atoms with E-state index in [0.29, 0.717) is 32.8 Å². The predicted molar refractivity (Wildman–Crippen MR) is 118 cm³/mol. The number of carbonyl (C=O) groups is 2. The average molecular weight is 456 g/mol. The van der Waals surface area contributed by atoms with Gasteiger partial charge in [-0.05, 0) is 38.1 Å². The lowest BCUT2D eigenvalue weighted by molar-refractivity contribution is -0.384. The first-order chi connectivity index (χ1) is 15.4. The van der Waals surface area contributed by atoms with Crippen molar-refractivity contribution in [3.05, 3.63) is 74.2 Å². The number of nitro groups is 1. The van der Waals surface area contributed by atoms with E-state index >= 15 is 0 Å². The fourth-order valence-electron chi connectivity index (χ4n) is 2.65. The van der Waals surface area contributed by atoms with Crippen molar-refractivity contribution in [1.82, 2.24) is 10.3 Å². The van der Waals surface area contributed by atoms with Crippen molar-refractivity contribution in [1.29, 1.82) is 0 Å². The minimum atomic E-state index is -0.488. The van der Waals surface area contributed by atoms with Gasteiger partial charge in [-0.1, -0.05) is 6.07 Å². The minimum absolute atomic E-state index is 0.0331. The highest BCUT2D eigenvalue weighted by Crippen LogP contribution is 2.26. The summed E-state index contributed by atoms with van der Waals surface area (Å²) in [5.74, 6) is 0.447. The standard InChI is InChI=1S/C21H20N4O6S/c1-3-30-20(26)19-13(2)23-18(32-19)12-22-21(27)24-14-5-4-6-17(11-14)31-16-9-7-15(8-10-16)25(28)29/h4-11H,3,12H2,1-2H3,(H2,22,24,27). The van der Waals surface area contributed by atoms with E-state index in [1.165, 1.54) is 35.6 Å². The smallest absolute Gasteiger partial charge is 0.350 e. The molecule has 0 bridgehead atoms. The number of amides is 2. The van der Waals surface area contributed by atoms with Crippen molar-refractivity contribution in [3.8, 4) is 11.5 Å². The molecule has 0 atom stereocenters. The van der Waals surface area contributed by atoms with Gasteiger partial charge in [-0.3, -0.25) is 10.1 Å². The van der Waals surface area contributed by atoms with Gasteiger partial charge in [0, 0.05) is 23.9 Å². The summed E-state index contributed by atoms with van der Waals surface area (Å²) in [5, 5.41) is 16.7. The lowest BCUT2D eigenvalue weighted by atomic mass is 10.3. The van der Waals surface area contributed by atoms with Crippen molar-refractivity contribution < 1.29 is 24.0 Å². The van der Waals surface area contributed by atoms with Gasteiger partial charge < -0.3 is 20.1 Å². The monoisotopic (exact) mass is 456 g/mol. The maximum Gasteiger partial charge on any atom is 0.350 e. The molecule has 0 unspecified atom stereocenters. The number of non-ortho nitro benzene ring substituents is 1. The molecule has 0 fully saturated rings. The van der Waals surface area contributed by atoms with Crippen LogP contribution in [0.3, 0.4) is 0 Å². The van der Waals surface area contributed by atoms with Gasteiger partial charge >= 0.3 is 12.0 Å². The molecule has 11 heteroatoms. The van der Waals surface area contributed by atoms with E-state index < -0.39 is 16.9 Å². The highest BCUT2D eigenvalue weighted by molar-refractivity contribution is 7.13. The summed E-state index contributed by atoms with van der Waals surface area (Å²) in [6, 6.07) is 11.9. The van der Waals surface area contributed by atoms with E-state index in [9.17, 15) is 19.7 Å². The van der Waals surface area contributed by atoms with Crippen LogP contribution in [0.5, 0.6) is 11.5 Å². The van der Waals surface area contributed by atoms with Gasteiger partial charge in [0.15, 0.2) is 0 Å². The predicted octanol–water partition coefficient (Wildman–Crippen LogP) is 4.65. The van der Waals surface area contributed by atoms with Crippen molar-refractivity contribution >= 4 is 34.7 Å². The number of anilines is 1. The van der Waals surface area contributed by atoms with Gasteiger partial charge in [0.25, 0.3) is 5.69 Å². The second-order valence-corrected chi connectivity index (χ2v) is 7.51. The summed E-state index contributed by atoms with van der Waals surface area (Å²) in [5.41, 5.74) is 1.01. The Morgan fingerprint density at radius 2 is 1.91 bits per heavy atom. The maximum absolute atomic E-state index is 12.2. The van der Waals surface area contributed by atoms with Crippen LogP contribution in [0, 0.1) is 17.0 Å². The topological polar surface area (TPSA) is 133 Å². The third-order valence-electron chi connectivity index (χ3n) is 4.08. The Labute approximate surface area is 187 Å². The number of urea groups is 1. The number of nitro benzene ring substituents is 1. The molecule has 166 valence electrons. The number of rotatable bonds is 8. The van der Waals surface area contributed by atoms with Gasteiger partial charge in [-0.25, -0.2) is 14.6 Å². The van der Waals surface area contributed by atoms with Crippen LogP contribution in [0.4, 0.5) is 16.2 Å². The molecule has 0 radical (unpaired) electrons. The number of carbonyl (C=O) groups excluding carboxylic acids is 2. The summed E-state index contributed by atoms with van der Waals surface area (Å²) >= 11 is 1.17.